The van der Waals surface area contributed by atoms with E-state index in [-0.39, 0.29) is 0 Å². The molecule has 0 aliphatic carbocycles. The number of ether oxygens (including phenoxy) is 3. The maximum atomic E-state index is 6.37. The molecule has 138 valence electrons. The predicted molar refractivity (Wildman–Crippen MR) is 97.8 cm³/mol. The van der Waals surface area contributed by atoms with Crippen LogP contribution in [0.4, 0.5) is 0 Å². The third-order valence-electron chi connectivity index (χ3n) is 5.23. The predicted octanol–water partition coefficient (Wildman–Crippen LogP) is 2.80. The van der Waals surface area contributed by atoms with E-state index in [4.69, 9.17) is 25.8 Å². The highest BCUT2D eigenvalue weighted by Crippen LogP contribution is 2.38. The van der Waals surface area contributed by atoms with Crippen LogP contribution < -0.4 is 9.47 Å². The summed E-state index contributed by atoms with van der Waals surface area (Å²) < 4.78 is 17.1. The van der Waals surface area contributed by atoms with Gasteiger partial charge in [-0.15, -0.1) is 0 Å². The zero-order chi connectivity index (χ0) is 17.1. The van der Waals surface area contributed by atoms with Crippen molar-refractivity contribution in [1.82, 2.24) is 9.80 Å². The van der Waals surface area contributed by atoms with Crippen molar-refractivity contribution in [2.24, 2.45) is 0 Å². The summed E-state index contributed by atoms with van der Waals surface area (Å²) in [6, 6.07) is 4.10. The number of halogens is 1. The Hall–Kier alpha value is -1.01. The first-order valence-corrected chi connectivity index (χ1v) is 9.80. The Balaban J connectivity index is 1.34. The maximum Gasteiger partial charge on any atom is 0.179 e. The molecule has 3 heterocycles. The molecule has 0 aromatic heterocycles. The highest BCUT2D eigenvalue weighted by atomic mass is 35.5. The fraction of sp³-hybridized carbons (Fsp3) is 0.684. The lowest BCUT2D eigenvalue weighted by molar-refractivity contribution is 0.0742. The molecule has 0 saturated carbocycles. The average molecular weight is 367 g/mol. The molecule has 0 radical (unpaired) electrons. The van der Waals surface area contributed by atoms with Gasteiger partial charge in [0.25, 0.3) is 0 Å². The Morgan fingerprint density at radius 3 is 2.68 bits per heavy atom. The van der Waals surface area contributed by atoms with Gasteiger partial charge in [0.15, 0.2) is 11.5 Å². The molecule has 2 fully saturated rings. The summed E-state index contributed by atoms with van der Waals surface area (Å²) in [4.78, 5) is 5.07. The van der Waals surface area contributed by atoms with Crippen LogP contribution in [0.5, 0.6) is 11.5 Å². The van der Waals surface area contributed by atoms with Gasteiger partial charge in [0, 0.05) is 32.8 Å². The molecule has 6 heteroatoms. The minimum absolute atomic E-state index is 0.447. The lowest BCUT2D eigenvalue weighted by Gasteiger charge is -2.25. The number of hydrogen-bond donors (Lipinski definition) is 0. The van der Waals surface area contributed by atoms with Crippen molar-refractivity contribution in [3.8, 4) is 11.5 Å². The van der Waals surface area contributed by atoms with Gasteiger partial charge in [0.05, 0.1) is 11.1 Å². The lowest BCUT2D eigenvalue weighted by Crippen LogP contribution is -2.35. The van der Waals surface area contributed by atoms with Crippen molar-refractivity contribution in [2.45, 2.75) is 31.9 Å². The summed E-state index contributed by atoms with van der Waals surface area (Å²) in [5.74, 6) is 1.47. The molecule has 1 aromatic rings. The van der Waals surface area contributed by atoms with Crippen LogP contribution in [0.1, 0.15) is 24.8 Å². The van der Waals surface area contributed by atoms with Crippen molar-refractivity contribution in [1.29, 1.82) is 0 Å². The van der Waals surface area contributed by atoms with Gasteiger partial charge in [0.1, 0.15) is 13.2 Å². The summed E-state index contributed by atoms with van der Waals surface area (Å²) in [5, 5.41) is 0.655. The highest BCUT2D eigenvalue weighted by molar-refractivity contribution is 6.32. The summed E-state index contributed by atoms with van der Waals surface area (Å²) in [6.45, 7) is 8.57. The molecule has 4 rings (SSSR count). The topological polar surface area (TPSA) is 34.2 Å². The molecule has 3 aliphatic rings. The van der Waals surface area contributed by atoms with Crippen LogP contribution in [0, 0.1) is 0 Å². The van der Waals surface area contributed by atoms with E-state index in [1.165, 1.54) is 24.8 Å². The third kappa shape index (κ3) is 4.40. The fourth-order valence-electron chi connectivity index (χ4n) is 3.96. The van der Waals surface area contributed by atoms with E-state index < -0.39 is 0 Å². The van der Waals surface area contributed by atoms with Crippen LogP contribution in [0.3, 0.4) is 0 Å². The first-order chi connectivity index (χ1) is 12.3. The standard InChI is InChI=1S/C19H27ClN2O3/c20-17-11-15(12-18-19(17)25-10-9-24-18)13-21-4-2-5-22(7-6-21)14-16-3-1-8-23-16/h11-12,16H,1-10,13-14H2/t16-/m1/s1. The molecule has 5 nitrogen and oxygen atoms in total. The van der Waals surface area contributed by atoms with Crippen molar-refractivity contribution in [3.63, 3.8) is 0 Å². The Morgan fingerprint density at radius 2 is 1.80 bits per heavy atom. The van der Waals surface area contributed by atoms with E-state index in [0.717, 1.165) is 51.6 Å². The van der Waals surface area contributed by atoms with Crippen LogP contribution >= 0.6 is 11.6 Å². The van der Waals surface area contributed by atoms with Gasteiger partial charge in [-0.25, -0.2) is 0 Å². The van der Waals surface area contributed by atoms with Crippen LogP contribution in [0.25, 0.3) is 0 Å². The molecule has 0 spiro atoms. The van der Waals surface area contributed by atoms with Gasteiger partial charge in [-0.3, -0.25) is 9.80 Å². The van der Waals surface area contributed by atoms with Crippen molar-refractivity contribution in [2.75, 3.05) is 52.5 Å². The van der Waals surface area contributed by atoms with Crippen LogP contribution in [-0.2, 0) is 11.3 Å². The van der Waals surface area contributed by atoms with Gasteiger partial charge in [-0.05, 0) is 50.0 Å². The van der Waals surface area contributed by atoms with Crippen LogP contribution in [0.2, 0.25) is 5.02 Å². The SMILES string of the molecule is Clc1cc(CN2CCCN(C[C@H]3CCCO3)CC2)cc2c1OCCO2. The molecule has 3 aliphatic heterocycles. The summed E-state index contributed by atoms with van der Waals surface area (Å²) in [7, 11) is 0. The van der Waals surface area contributed by atoms with Crippen molar-refractivity contribution >= 4 is 11.6 Å². The number of rotatable bonds is 4. The van der Waals surface area contributed by atoms with Gasteiger partial charge in [-0.2, -0.15) is 0 Å². The second-order valence-electron chi connectivity index (χ2n) is 7.17. The smallest absolute Gasteiger partial charge is 0.179 e. The summed E-state index contributed by atoms with van der Waals surface area (Å²) in [5.41, 5.74) is 1.20. The van der Waals surface area contributed by atoms with Crippen molar-refractivity contribution < 1.29 is 14.2 Å². The van der Waals surface area contributed by atoms with Crippen LogP contribution in [0.15, 0.2) is 12.1 Å². The third-order valence-corrected chi connectivity index (χ3v) is 5.51. The zero-order valence-electron chi connectivity index (χ0n) is 14.7. The summed E-state index contributed by atoms with van der Waals surface area (Å²) >= 11 is 6.37. The van der Waals surface area contributed by atoms with Crippen LogP contribution in [-0.4, -0.2) is 68.4 Å². The van der Waals surface area contributed by atoms with Gasteiger partial charge < -0.3 is 14.2 Å². The first-order valence-electron chi connectivity index (χ1n) is 9.42. The zero-order valence-corrected chi connectivity index (χ0v) is 15.5. The first kappa shape index (κ1) is 17.4. The summed E-state index contributed by atoms with van der Waals surface area (Å²) in [6.07, 6.45) is 4.08. The van der Waals surface area contributed by atoms with Gasteiger partial charge >= 0.3 is 0 Å². The van der Waals surface area contributed by atoms with E-state index in [0.29, 0.717) is 30.1 Å². The molecule has 0 N–H and O–H groups in total. The maximum absolute atomic E-state index is 6.37. The van der Waals surface area contributed by atoms with E-state index >= 15 is 0 Å². The molecule has 0 amide bonds. The van der Waals surface area contributed by atoms with Gasteiger partial charge in [-0.1, -0.05) is 11.6 Å². The van der Waals surface area contributed by atoms with E-state index in [2.05, 4.69) is 15.9 Å². The highest BCUT2D eigenvalue weighted by Gasteiger charge is 2.22. The second-order valence-corrected chi connectivity index (χ2v) is 7.57. The molecule has 1 atom stereocenters. The number of nitrogens with zero attached hydrogens (tertiary/aromatic N) is 2. The molecule has 0 unspecified atom stereocenters. The molecule has 25 heavy (non-hydrogen) atoms. The Labute approximate surface area is 154 Å². The minimum Gasteiger partial charge on any atom is -0.486 e. The van der Waals surface area contributed by atoms with E-state index in [1.807, 2.05) is 6.07 Å². The average Bonchev–Trinajstić information content (AvgIpc) is 3.02. The lowest BCUT2D eigenvalue weighted by atomic mass is 10.1. The Kier molecular flexibility index (Phi) is 5.66. The van der Waals surface area contributed by atoms with Gasteiger partial charge in [0.2, 0.25) is 0 Å². The monoisotopic (exact) mass is 366 g/mol. The molecule has 0 bridgehead atoms. The molecule has 2 saturated heterocycles. The molecule has 1 aromatic carbocycles. The second kappa shape index (κ2) is 8.12. The molecular formula is C19H27ClN2O3. The van der Waals surface area contributed by atoms with E-state index in [9.17, 15) is 0 Å². The molecular weight excluding hydrogens is 340 g/mol. The quantitative estimate of drug-likeness (QED) is 0.818. The van der Waals surface area contributed by atoms with Crippen molar-refractivity contribution in [3.05, 3.63) is 22.7 Å². The largest absolute Gasteiger partial charge is 0.486 e. The minimum atomic E-state index is 0.447. The fourth-order valence-corrected chi connectivity index (χ4v) is 4.24. The number of fused-ring (bicyclic) bond motifs is 1. The Bertz CT molecular complexity index is 592. The number of benzene rings is 1. The number of hydrogen-bond acceptors (Lipinski definition) is 5. The Morgan fingerprint density at radius 1 is 0.960 bits per heavy atom. The van der Waals surface area contributed by atoms with E-state index in [1.54, 1.807) is 0 Å². The normalized spacial score (nSPS) is 25.1.